The zero-order chi connectivity index (χ0) is 25.1. The van der Waals surface area contributed by atoms with Gasteiger partial charge in [0.15, 0.2) is 0 Å². The maximum atomic E-state index is 14.5. The van der Waals surface area contributed by atoms with Gasteiger partial charge in [0.05, 0.1) is 28.3 Å². The molecule has 0 saturated heterocycles. The molecule has 0 fully saturated rings. The normalized spacial score (nSPS) is 11.3. The van der Waals surface area contributed by atoms with E-state index in [1.54, 1.807) is 29.1 Å². The number of nitrogens with zero attached hydrogens (tertiary/aromatic N) is 4. The number of carbonyl (C=O) groups is 1. The van der Waals surface area contributed by atoms with Crippen LogP contribution in [0.25, 0.3) is 23.1 Å². The van der Waals surface area contributed by atoms with Crippen LogP contribution in [0, 0.1) is 12.7 Å². The Hall–Kier alpha value is -4.79. The summed E-state index contributed by atoms with van der Waals surface area (Å²) in [4.78, 5) is 17.0. The number of pyridine rings is 1. The topological polar surface area (TPSA) is 101 Å². The molecule has 0 aliphatic carbocycles. The van der Waals surface area contributed by atoms with Crippen molar-refractivity contribution < 1.29 is 9.18 Å². The van der Waals surface area contributed by atoms with Crippen LogP contribution >= 0.6 is 0 Å². The van der Waals surface area contributed by atoms with Crippen molar-refractivity contribution in [2.75, 3.05) is 10.6 Å². The van der Waals surface area contributed by atoms with Crippen LogP contribution in [0.1, 0.15) is 34.5 Å². The monoisotopic (exact) mass is 481 g/mol. The first kappa shape index (κ1) is 23.0. The van der Waals surface area contributed by atoms with Gasteiger partial charge in [-0.15, -0.1) is 0 Å². The molecule has 0 aliphatic heterocycles. The number of benzene rings is 2. The molecule has 1 amide bonds. The third-order valence-electron chi connectivity index (χ3n) is 5.63. The molecule has 0 radical (unpaired) electrons. The average molecular weight is 482 g/mol. The molecule has 5 rings (SSSR count). The highest BCUT2D eigenvalue weighted by Gasteiger charge is 2.15. The van der Waals surface area contributed by atoms with Gasteiger partial charge >= 0.3 is 0 Å². The number of rotatable bonds is 7. The van der Waals surface area contributed by atoms with Gasteiger partial charge in [-0.2, -0.15) is 10.2 Å². The Morgan fingerprint density at radius 2 is 1.92 bits per heavy atom. The van der Waals surface area contributed by atoms with E-state index in [9.17, 15) is 9.18 Å². The Labute approximate surface area is 206 Å². The minimum absolute atomic E-state index is 0.0797. The zero-order valence-electron chi connectivity index (χ0n) is 19.8. The summed E-state index contributed by atoms with van der Waals surface area (Å²) >= 11 is 0. The van der Waals surface area contributed by atoms with Gasteiger partial charge in [-0.1, -0.05) is 6.07 Å². The van der Waals surface area contributed by atoms with E-state index in [2.05, 4.69) is 30.9 Å². The van der Waals surface area contributed by atoms with Crippen molar-refractivity contribution in [2.24, 2.45) is 0 Å². The molecule has 8 nitrogen and oxygen atoms in total. The van der Waals surface area contributed by atoms with Crippen LogP contribution < -0.4 is 10.6 Å². The lowest BCUT2D eigenvalue weighted by molar-refractivity contribution is 0.101. The summed E-state index contributed by atoms with van der Waals surface area (Å²) in [7, 11) is 0. The minimum atomic E-state index is -0.526. The van der Waals surface area contributed by atoms with E-state index >= 15 is 0 Å². The Balaban J connectivity index is 1.33. The summed E-state index contributed by atoms with van der Waals surface area (Å²) in [6.45, 7) is 4.24. The molecule has 3 N–H and O–H groups in total. The molecule has 0 spiro atoms. The molecule has 5 aromatic rings. The van der Waals surface area contributed by atoms with Crippen molar-refractivity contribution >= 4 is 46.0 Å². The second-order valence-electron chi connectivity index (χ2n) is 8.22. The summed E-state index contributed by atoms with van der Waals surface area (Å²) in [6, 6.07) is 17.7. The maximum absolute atomic E-state index is 14.5. The fourth-order valence-electron chi connectivity index (χ4n) is 3.91. The summed E-state index contributed by atoms with van der Waals surface area (Å²) in [5.41, 5.74) is 5.09. The summed E-state index contributed by atoms with van der Waals surface area (Å²) in [5, 5.41) is 18.6. The minimum Gasteiger partial charge on any atom is -0.355 e. The number of anilines is 3. The summed E-state index contributed by atoms with van der Waals surface area (Å²) in [6.07, 6.45) is 5.56. The number of aromatic amines is 1. The highest BCUT2D eigenvalue weighted by atomic mass is 19.1. The van der Waals surface area contributed by atoms with Crippen molar-refractivity contribution in [3.63, 3.8) is 0 Å². The Morgan fingerprint density at radius 3 is 2.72 bits per heavy atom. The van der Waals surface area contributed by atoms with Crippen LogP contribution in [-0.4, -0.2) is 30.9 Å². The predicted octanol–water partition coefficient (Wildman–Crippen LogP) is 5.79. The molecule has 0 bridgehead atoms. The number of carbonyl (C=O) groups excluding carboxylic acids is 1. The van der Waals surface area contributed by atoms with Crippen LogP contribution in [0.5, 0.6) is 0 Å². The first-order valence-electron chi connectivity index (χ1n) is 11.5. The number of amides is 1. The lowest BCUT2D eigenvalue weighted by Gasteiger charge is -2.11. The molecular formula is C27H24FN7O. The number of nitrogens with one attached hydrogen (secondary N) is 3. The number of hydrogen-bond donors (Lipinski definition) is 3. The predicted molar refractivity (Wildman–Crippen MR) is 140 cm³/mol. The van der Waals surface area contributed by atoms with Gasteiger partial charge in [-0.3, -0.25) is 19.6 Å². The Morgan fingerprint density at radius 1 is 1.08 bits per heavy atom. The third-order valence-corrected chi connectivity index (χ3v) is 5.63. The highest BCUT2D eigenvalue weighted by molar-refractivity contribution is 6.03. The second kappa shape index (κ2) is 9.83. The van der Waals surface area contributed by atoms with Gasteiger partial charge in [0, 0.05) is 29.5 Å². The number of fused-ring (bicyclic) bond motifs is 1. The first-order chi connectivity index (χ1) is 17.5. The molecule has 3 heterocycles. The van der Waals surface area contributed by atoms with Crippen LogP contribution in [0.2, 0.25) is 0 Å². The van der Waals surface area contributed by atoms with Gasteiger partial charge in [0.2, 0.25) is 0 Å². The quantitative estimate of drug-likeness (QED) is 0.273. The van der Waals surface area contributed by atoms with Crippen molar-refractivity contribution in [1.82, 2.24) is 25.0 Å². The molecular weight excluding hydrogens is 457 g/mol. The van der Waals surface area contributed by atoms with E-state index in [-0.39, 0.29) is 5.69 Å². The molecule has 180 valence electrons. The van der Waals surface area contributed by atoms with E-state index in [0.29, 0.717) is 17.9 Å². The van der Waals surface area contributed by atoms with Gasteiger partial charge in [-0.25, -0.2) is 4.39 Å². The van der Waals surface area contributed by atoms with Crippen LogP contribution in [0.4, 0.5) is 21.5 Å². The lowest BCUT2D eigenvalue weighted by Crippen LogP contribution is -2.18. The van der Waals surface area contributed by atoms with Crippen molar-refractivity contribution in [2.45, 2.75) is 20.4 Å². The number of halogens is 1. The fourth-order valence-corrected chi connectivity index (χ4v) is 3.91. The number of aromatic nitrogens is 5. The highest BCUT2D eigenvalue weighted by Crippen LogP contribution is 2.27. The van der Waals surface area contributed by atoms with Crippen LogP contribution in [-0.2, 0) is 6.54 Å². The summed E-state index contributed by atoms with van der Waals surface area (Å²) < 4.78 is 16.1. The fraction of sp³-hybridized carbons (Fsp3) is 0.111. The Kier molecular flexibility index (Phi) is 6.27. The Bertz CT molecular complexity index is 1570. The van der Waals surface area contributed by atoms with E-state index in [0.717, 1.165) is 33.7 Å². The molecule has 0 aliphatic rings. The molecule has 3 aromatic heterocycles. The van der Waals surface area contributed by atoms with Gasteiger partial charge in [0.25, 0.3) is 5.91 Å². The van der Waals surface area contributed by atoms with E-state index < -0.39 is 11.7 Å². The zero-order valence-corrected chi connectivity index (χ0v) is 19.8. The molecule has 36 heavy (non-hydrogen) atoms. The second-order valence-corrected chi connectivity index (χ2v) is 8.22. The maximum Gasteiger partial charge on any atom is 0.274 e. The van der Waals surface area contributed by atoms with Gasteiger partial charge in [0.1, 0.15) is 11.5 Å². The van der Waals surface area contributed by atoms with E-state index in [1.165, 1.54) is 6.07 Å². The molecule has 2 aromatic carbocycles. The van der Waals surface area contributed by atoms with Gasteiger partial charge in [-0.05, 0) is 80.6 Å². The van der Waals surface area contributed by atoms with Crippen molar-refractivity contribution in [1.29, 1.82) is 0 Å². The smallest absolute Gasteiger partial charge is 0.274 e. The van der Waals surface area contributed by atoms with E-state index in [1.807, 2.05) is 62.4 Å². The molecule has 0 atom stereocenters. The number of hydrogen-bond acceptors (Lipinski definition) is 5. The van der Waals surface area contributed by atoms with Crippen LogP contribution in [0.15, 0.2) is 66.9 Å². The van der Waals surface area contributed by atoms with Gasteiger partial charge < -0.3 is 10.6 Å². The van der Waals surface area contributed by atoms with Crippen LogP contribution in [0.3, 0.4) is 0 Å². The van der Waals surface area contributed by atoms with Crippen molar-refractivity contribution in [3.8, 4) is 0 Å². The molecule has 0 unspecified atom stereocenters. The third kappa shape index (κ3) is 4.85. The largest absolute Gasteiger partial charge is 0.355 e. The van der Waals surface area contributed by atoms with Crippen molar-refractivity contribution in [3.05, 3.63) is 95.5 Å². The molecule has 9 heteroatoms. The van der Waals surface area contributed by atoms with E-state index in [4.69, 9.17) is 0 Å². The first-order valence-corrected chi connectivity index (χ1v) is 11.5. The SMILES string of the molecule is CCn1nc(C)cc1C(=O)Nc1cc(Nc2ccc3c(C=Cc4ccccn4)n[nH]c3c2)ccc1F. The lowest BCUT2D eigenvalue weighted by atomic mass is 10.1. The number of aryl methyl sites for hydroxylation is 2. The standard InChI is InChI=1S/C27H24FN7O/c1-3-35-26(14-17(2)34-35)27(36)31-25-16-20(8-11-22(25)28)30-19-7-10-21-23(32-33-24(21)15-19)12-9-18-6-4-5-13-29-18/h4-16,30H,3H2,1-2H3,(H,31,36)(H,32,33). The molecule has 0 saturated carbocycles. The summed E-state index contributed by atoms with van der Waals surface area (Å²) in [5.74, 6) is -0.944. The average Bonchev–Trinajstić information content (AvgIpc) is 3.48. The number of H-pyrrole nitrogens is 1.